The van der Waals surface area contributed by atoms with Gasteiger partial charge in [-0.15, -0.1) is 0 Å². The minimum atomic E-state index is 0.0651. The number of nitrogens with one attached hydrogen (secondary N) is 1. The summed E-state index contributed by atoms with van der Waals surface area (Å²) in [6.07, 6.45) is 1.73. The third kappa shape index (κ3) is 3.16. The molecular weight excluding hydrogens is 335 g/mol. The number of nitrogens with zero attached hydrogens (tertiary/aromatic N) is 1. The van der Waals surface area contributed by atoms with Crippen molar-refractivity contribution in [1.82, 2.24) is 4.98 Å². The van der Waals surface area contributed by atoms with Gasteiger partial charge in [0.15, 0.2) is 0 Å². The van der Waals surface area contributed by atoms with E-state index < -0.39 is 0 Å². The SMILES string of the molecule is CC(Nc1cccnc1Br)c1ccc(Cl)cc1Cl. The molecule has 94 valence electrons. The first-order valence-electron chi connectivity index (χ1n) is 5.40. The van der Waals surface area contributed by atoms with E-state index in [1.54, 1.807) is 12.3 Å². The Labute approximate surface area is 124 Å². The molecular formula is C13H11BrCl2N2. The lowest BCUT2D eigenvalue weighted by molar-refractivity contribution is 0.881. The van der Waals surface area contributed by atoms with E-state index in [1.165, 1.54) is 0 Å². The van der Waals surface area contributed by atoms with Gasteiger partial charge in [0, 0.05) is 16.2 Å². The van der Waals surface area contributed by atoms with E-state index in [2.05, 4.69) is 26.2 Å². The fraction of sp³-hybridized carbons (Fsp3) is 0.154. The smallest absolute Gasteiger partial charge is 0.129 e. The molecule has 1 atom stereocenters. The predicted molar refractivity (Wildman–Crippen MR) is 80.4 cm³/mol. The van der Waals surface area contributed by atoms with Crippen molar-refractivity contribution in [2.75, 3.05) is 5.32 Å². The molecule has 0 aliphatic rings. The first-order valence-corrected chi connectivity index (χ1v) is 6.95. The number of rotatable bonds is 3. The van der Waals surface area contributed by atoms with E-state index in [9.17, 15) is 0 Å². The molecule has 2 nitrogen and oxygen atoms in total. The highest BCUT2D eigenvalue weighted by Crippen LogP contribution is 2.30. The van der Waals surface area contributed by atoms with Crippen LogP contribution in [-0.2, 0) is 0 Å². The van der Waals surface area contributed by atoms with Gasteiger partial charge in [-0.1, -0.05) is 29.3 Å². The second-order valence-electron chi connectivity index (χ2n) is 3.87. The van der Waals surface area contributed by atoms with Crippen LogP contribution < -0.4 is 5.32 Å². The summed E-state index contributed by atoms with van der Waals surface area (Å²) < 4.78 is 0.780. The quantitative estimate of drug-likeness (QED) is 0.761. The van der Waals surface area contributed by atoms with E-state index in [1.807, 2.05) is 31.2 Å². The highest BCUT2D eigenvalue weighted by atomic mass is 79.9. The summed E-state index contributed by atoms with van der Waals surface area (Å²) in [7, 11) is 0. The Morgan fingerprint density at radius 2 is 2.06 bits per heavy atom. The van der Waals surface area contributed by atoms with Gasteiger partial charge in [0.1, 0.15) is 4.60 Å². The molecule has 2 rings (SSSR count). The summed E-state index contributed by atoms with van der Waals surface area (Å²) in [5.41, 5.74) is 1.92. The molecule has 0 aliphatic heterocycles. The Hall–Kier alpha value is -0.770. The summed E-state index contributed by atoms with van der Waals surface area (Å²) >= 11 is 15.5. The van der Waals surface area contributed by atoms with Crippen LogP contribution in [0.15, 0.2) is 41.1 Å². The van der Waals surface area contributed by atoms with Gasteiger partial charge in [-0.25, -0.2) is 4.98 Å². The Kier molecular flexibility index (Phi) is 4.49. The van der Waals surface area contributed by atoms with Crippen LogP contribution in [0.1, 0.15) is 18.5 Å². The monoisotopic (exact) mass is 344 g/mol. The number of benzene rings is 1. The second-order valence-corrected chi connectivity index (χ2v) is 5.47. The number of hydrogen-bond acceptors (Lipinski definition) is 2. The second kappa shape index (κ2) is 5.91. The molecule has 0 saturated carbocycles. The number of pyridine rings is 1. The maximum absolute atomic E-state index is 6.18. The summed E-state index contributed by atoms with van der Waals surface area (Å²) in [6, 6.07) is 9.40. The Morgan fingerprint density at radius 3 is 2.72 bits per heavy atom. The van der Waals surface area contributed by atoms with Gasteiger partial charge in [0.2, 0.25) is 0 Å². The zero-order valence-electron chi connectivity index (χ0n) is 9.62. The summed E-state index contributed by atoms with van der Waals surface area (Å²) in [6.45, 7) is 2.04. The summed E-state index contributed by atoms with van der Waals surface area (Å²) in [5, 5.41) is 4.64. The molecule has 1 aromatic carbocycles. The number of halogens is 3. The first-order chi connectivity index (χ1) is 8.58. The number of hydrogen-bond donors (Lipinski definition) is 1. The third-order valence-electron chi connectivity index (χ3n) is 2.56. The highest BCUT2D eigenvalue weighted by molar-refractivity contribution is 9.10. The topological polar surface area (TPSA) is 24.9 Å². The van der Waals surface area contributed by atoms with E-state index >= 15 is 0 Å². The standard InChI is InChI=1S/C13H11BrCl2N2/c1-8(10-5-4-9(15)7-11(10)16)18-12-3-2-6-17-13(12)14/h2-8,18H,1H3. The van der Waals surface area contributed by atoms with Gasteiger partial charge in [-0.05, 0) is 52.7 Å². The number of anilines is 1. The molecule has 2 aromatic rings. The van der Waals surface area contributed by atoms with Crippen LogP contribution in [0.4, 0.5) is 5.69 Å². The minimum Gasteiger partial charge on any atom is -0.376 e. The molecule has 0 radical (unpaired) electrons. The lowest BCUT2D eigenvalue weighted by atomic mass is 10.1. The normalized spacial score (nSPS) is 12.2. The molecule has 0 amide bonds. The third-order valence-corrected chi connectivity index (χ3v) is 3.75. The highest BCUT2D eigenvalue weighted by Gasteiger charge is 2.11. The average Bonchev–Trinajstić information content (AvgIpc) is 2.32. The van der Waals surface area contributed by atoms with Crippen LogP contribution in [-0.4, -0.2) is 4.98 Å². The number of aromatic nitrogens is 1. The van der Waals surface area contributed by atoms with Crippen LogP contribution >= 0.6 is 39.1 Å². The van der Waals surface area contributed by atoms with Crippen molar-refractivity contribution in [2.24, 2.45) is 0 Å². The van der Waals surface area contributed by atoms with Crippen LogP contribution in [0.2, 0.25) is 10.0 Å². The van der Waals surface area contributed by atoms with E-state index in [0.29, 0.717) is 10.0 Å². The maximum atomic E-state index is 6.18. The summed E-state index contributed by atoms with van der Waals surface area (Å²) in [5.74, 6) is 0. The molecule has 0 saturated heterocycles. The van der Waals surface area contributed by atoms with Gasteiger partial charge in [-0.3, -0.25) is 0 Å². The van der Waals surface area contributed by atoms with E-state index in [0.717, 1.165) is 15.9 Å². The molecule has 0 aliphatic carbocycles. The zero-order valence-corrected chi connectivity index (χ0v) is 12.7. The van der Waals surface area contributed by atoms with Crippen molar-refractivity contribution in [3.05, 3.63) is 56.7 Å². The molecule has 0 bridgehead atoms. The zero-order chi connectivity index (χ0) is 13.1. The molecule has 1 heterocycles. The largest absolute Gasteiger partial charge is 0.376 e. The van der Waals surface area contributed by atoms with Gasteiger partial charge in [0.05, 0.1) is 11.7 Å². The van der Waals surface area contributed by atoms with Crippen molar-refractivity contribution in [2.45, 2.75) is 13.0 Å². The first kappa shape index (κ1) is 13.7. The minimum absolute atomic E-state index is 0.0651. The van der Waals surface area contributed by atoms with Crippen molar-refractivity contribution in [3.63, 3.8) is 0 Å². The van der Waals surface area contributed by atoms with Crippen LogP contribution in [0, 0.1) is 0 Å². The molecule has 1 N–H and O–H groups in total. The fourth-order valence-corrected chi connectivity index (χ4v) is 2.59. The lowest BCUT2D eigenvalue weighted by Gasteiger charge is -2.17. The molecule has 0 spiro atoms. The van der Waals surface area contributed by atoms with Crippen molar-refractivity contribution in [3.8, 4) is 0 Å². The molecule has 5 heteroatoms. The van der Waals surface area contributed by atoms with Gasteiger partial charge < -0.3 is 5.32 Å². The fourth-order valence-electron chi connectivity index (χ4n) is 1.66. The Morgan fingerprint density at radius 1 is 1.28 bits per heavy atom. The molecule has 1 unspecified atom stereocenters. The maximum Gasteiger partial charge on any atom is 0.129 e. The molecule has 1 aromatic heterocycles. The Bertz CT molecular complexity index is 560. The molecule has 18 heavy (non-hydrogen) atoms. The van der Waals surface area contributed by atoms with Crippen molar-refractivity contribution in [1.29, 1.82) is 0 Å². The van der Waals surface area contributed by atoms with Gasteiger partial charge >= 0.3 is 0 Å². The summed E-state index contributed by atoms with van der Waals surface area (Å²) in [4.78, 5) is 4.16. The van der Waals surface area contributed by atoms with E-state index in [-0.39, 0.29) is 6.04 Å². The Balaban J connectivity index is 2.22. The van der Waals surface area contributed by atoms with Gasteiger partial charge in [0.25, 0.3) is 0 Å². The lowest BCUT2D eigenvalue weighted by Crippen LogP contribution is -2.08. The average molecular weight is 346 g/mol. The van der Waals surface area contributed by atoms with E-state index in [4.69, 9.17) is 23.2 Å². The van der Waals surface area contributed by atoms with Crippen LogP contribution in [0.25, 0.3) is 0 Å². The predicted octanol–water partition coefficient (Wildman–Crippen LogP) is 5.32. The molecule has 0 fully saturated rings. The van der Waals surface area contributed by atoms with Crippen molar-refractivity contribution >= 4 is 44.8 Å². The van der Waals surface area contributed by atoms with Crippen LogP contribution in [0.5, 0.6) is 0 Å². The van der Waals surface area contributed by atoms with Gasteiger partial charge in [-0.2, -0.15) is 0 Å². The van der Waals surface area contributed by atoms with Crippen molar-refractivity contribution < 1.29 is 0 Å². The van der Waals surface area contributed by atoms with Crippen LogP contribution in [0.3, 0.4) is 0 Å².